The Morgan fingerprint density at radius 1 is 1.43 bits per heavy atom. The molecule has 80 valence electrons. The first kappa shape index (κ1) is 13.7. The summed E-state index contributed by atoms with van der Waals surface area (Å²) in [5.74, 6) is -0.328. The van der Waals surface area contributed by atoms with E-state index in [1.165, 1.54) is 18.2 Å². The van der Waals surface area contributed by atoms with Crippen molar-refractivity contribution in [3.63, 3.8) is 0 Å². The second-order valence-electron chi connectivity index (χ2n) is 2.85. The van der Waals surface area contributed by atoms with Crippen LogP contribution >= 0.6 is 24.0 Å². The van der Waals surface area contributed by atoms with Gasteiger partial charge in [-0.2, -0.15) is 0 Å². The summed E-state index contributed by atoms with van der Waals surface area (Å²) in [5, 5.41) is 0.490. The summed E-state index contributed by atoms with van der Waals surface area (Å²) in [5.41, 5.74) is 11.4. The summed E-state index contributed by atoms with van der Waals surface area (Å²) in [7, 11) is 0. The van der Waals surface area contributed by atoms with Crippen LogP contribution in [0.3, 0.4) is 0 Å². The molecule has 4 N–H and O–H groups in total. The molecule has 1 atom stereocenters. The summed E-state index contributed by atoms with van der Waals surface area (Å²) in [4.78, 5) is 0. The zero-order valence-corrected chi connectivity index (χ0v) is 9.11. The van der Waals surface area contributed by atoms with Crippen LogP contribution in [0.15, 0.2) is 18.2 Å². The molecule has 0 aliphatic heterocycles. The maximum Gasteiger partial charge on any atom is 0.128 e. The highest BCUT2D eigenvalue weighted by Gasteiger charge is 2.10. The molecule has 0 unspecified atom stereocenters. The highest BCUT2D eigenvalue weighted by Crippen LogP contribution is 2.21. The van der Waals surface area contributed by atoms with Crippen molar-refractivity contribution in [1.29, 1.82) is 0 Å². The van der Waals surface area contributed by atoms with Gasteiger partial charge >= 0.3 is 0 Å². The molecule has 0 saturated heterocycles. The fraction of sp³-hybridized carbons (Fsp3) is 0.333. The lowest BCUT2D eigenvalue weighted by molar-refractivity contribution is 0.567. The molecule has 0 fully saturated rings. The van der Waals surface area contributed by atoms with Crippen LogP contribution < -0.4 is 11.5 Å². The van der Waals surface area contributed by atoms with E-state index >= 15 is 0 Å². The summed E-state index contributed by atoms with van der Waals surface area (Å²) in [6.45, 7) is 0.438. The van der Waals surface area contributed by atoms with Crippen molar-refractivity contribution in [2.24, 2.45) is 11.5 Å². The zero-order valence-electron chi connectivity index (χ0n) is 7.54. The highest BCUT2D eigenvalue weighted by molar-refractivity contribution is 6.30. The van der Waals surface area contributed by atoms with Crippen molar-refractivity contribution >= 4 is 24.0 Å². The van der Waals surface area contributed by atoms with Gasteiger partial charge in [-0.1, -0.05) is 11.6 Å². The largest absolute Gasteiger partial charge is 0.330 e. The van der Waals surface area contributed by atoms with E-state index in [0.717, 1.165) is 0 Å². The van der Waals surface area contributed by atoms with Crippen LogP contribution in [0, 0.1) is 5.82 Å². The third kappa shape index (κ3) is 3.42. The monoisotopic (exact) mass is 238 g/mol. The van der Waals surface area contributed by atoms with Gasteiger partial charge in [0.2, 0.25) is 0 Å². The number of benzene rings is 1. The number of nitrogens with two attached hydrogens (primary N) is 2. The van der Waals surface area contributed by atoms with Gasteiger partial charge in [-0.25, -0.2) is 4.39 Å². The van der Waals surface area contributed by atoms with Crippen LogP contribution in [0.5, 0.6) is 0 Å². The maximum atomic E-state index is 13.2. The fourth-order valence-electron chi connectivity index (χ4n) is 1.13. The Hall–Kier alpha value is -0.350. The second-order valence-corrected chi connectivity index (χ2v) is 3.29. The van der Waals surface area contributed by atoms with E-state index in [0.29, 0.717) is 23.6 Å². The minimum absolute atomic E-state index is 0. The molecule has 0 aliphatic rings. The van der Waals surface area contributed by atoms with Gasteiger partial charge in [0.05, 0.1) is 0 Å². The van der Waals surface area contributed by atoms with E-state index in [1.54, 1.807) is 0 Å². The van der Waals surface area contributed by atoms with Crippen molar-refractivity contribution in [2.45, 2.75) is 12.5 Å². The predicted octanol–water partition coefficient (Wildman–Crippen LogP) is 2.25. The lowest BCUT2D eigenvalue weighted by Crippen LogP contribution is -2.16. The molecule has 0 saturated carbocycles. The number of halogens is 3. The minimum atomic E-state index is -0.372. The molecule has 0 spiro atoms. The van der Waals surface area contributed by atoms with E-state index in [2.05, 4.69) is 0 Å². The first-order valence-electron chi connectivity index (χ1n) is 4.05. The molecule has 0 aliphatic carbocycles. The molecule has 1 aromatic rings. The van der Waals surface area contributed by atoms with Gasteiger partial charge in [-0.15, -0.1) is 12.4 Å². The molecule has 0 heterocycles. The van der Waals surface area contributed by atoms with Gasteiger partial charge in [-0.3, -0.25) is 0 Å². The third-order valence-electron chi connectivity index (χ3n) is 1.84. The SMILES string of the molecule is Cl.NCC[C@@H](N)c1cc(Cl)ccc1F. The summed E-state index contributed by atoms with van der Waals surface area (Å²) >= 11 is 5.71. The summed E-state index contributed by atoms with van der Waals surface area (Å²) in [6, 6.07) is 3.98. The Bertz CT molecular complexity index is 294. The van der Waals surface area contributed by atoms with Crippen LogP contribution in [-0.2, 0) is 0 Å². The standard InChI is InChI=1S/C9H12ClFN2.ClH/c10-6-1-2-8(11)7(5-6)9(13)3-4-12;/h1-2,5,9H,3-4,12-13H2;1H/t9-;/m1./s1. The smallest absolute Gasteiger partial charge is 0.128 e. The molecule has 1 aromatic carbocycles. The van der Waals surface area contributed by atoms with Crippen molar-refractivity contribution in [1.82, 2.24) is 0 Å². The van der Waals surface area contributed by atoms with Crippen molar-refractivity contribution in [3.8, 4) is 0 Å². The Morgan fingerprint density at radius 3 is 2.64 bits per heavy atom. The minimum Gasteiger partial charge on any atom is -0.330 e. The first-order valence-corrected chi connectivity index (χ1v) is 4.43. The highest BCUT2D eigenvalue weighted by atomic mass is 35.5. The van der Waals surface area contributed by atoms with Crippen LogP contribution in [0.1, 0.15) is 18.0 Å². The van der Waals surface area contributed by atoms with Crippen molar-refractivity contribution in [3.05, 3.63) is 34.6 Å². The quantitative estimate of drug-likeness (QED) is 0.849. The molecular formula is C9H13Cl2FN2. The van der Waals surface area contributed by atoms with Crippen molar-refractivity contribution < 1.29 is 4.39 Å². The normalized spacial score (nSPS) is 12.0. The number of hydrogen-bond donors (Lipinski definition) is 2. The van der Waals surface area contributed by atoms with Crippen LogP contribution in [-0.4, -0.2) is 6.54 Å². The Kier molecular flexibility index (Phi) is 6.04. The topological polar surface area (TPSA) is 52.0 Å². The average Bonchev–Trinajstić information content (AvgIpc) is 2.09. The van der Waals surface area contributed by atoms with Crippen molar-refractivity contribution in [2.75, 3.05) is 6.54 Å². The van der Waals surface area contributed by atoms with E-state index in [1.807, 2.05) is 0 Å². The van der Waals surface area contributed by atoms with Gasteiger partial charge < -0.3 is 11.5 Å². The molecule has 0 radical (unpaired) electrons. The van der Waals surface area contributed by atoms with Gasteiger partial charge in [0.1, 0.15) is 5.82 Å². The third-order valence-corrected chi connectivity index (χ3v) is 2.07. The maximum absolute atomic E-state index is 13.2. The van der Waals surface area contributed by atoms with Gasteiger partial charge in [-0.05, 0) is 31.2 Å². The van der Waals surface area contributed by atoms with Gasteiger partial charge in [0.15, 0.2) is 0 Å². The summed E-state index contributed by atoms with van der Waals surface area (Å²) < 4.78 is 13.2. The number of hydrogen-bond acceptors (Lipinski definition) is 2. The molecule has 2 nitrogen and oxygen atoms in total. The molecule has 0 bridgehead atoms. The molecule has 14 heavy (non-hydrogen) atoms. The second kappa shape index (κ2) is 6.19. The number of rotatable bonds is 3. The van der Waals surface area contributed by atoms with Crippen LogP contribution in [0.4, 0.5) is 4.39 Å². The van der Waals surface area contributed by atoms with Crippen LogP contribution in [0.2, 0.25) is 5.02 Å². The summed E-state index contributed by atoms with van der Waals surface area (Å²) in [6.07, 6.45) is 0.553. The molecule has 1 rings (SSSR count). The van der Waals surface area contributed by atoms with E-state index in [9.17, 15) is 4.39 Å². The first-order chi connectivity index (χ1) is 6.15. The Labute approximate surface area is 93.8 Å². The van der Waals surface area contributed by atoms with E-state index < -0.39 is 0 Å². The van der Waals surface area contributed by atoms with Crippen LogP contribution in [0.25, 0.3) is 0 Å². The van der Waals surface area contributed by atoms with E-state index in [4.69, 9.17) is 23.1 Å². The predicted molar refractivity (Wildman–Crippen MR) is 59.3 cm³/mol. The molecular weight excluding hydrogens is 226 g/mol. The Morgan fingerprint density at radius 2 is 2.07 bits per heavy atom. The molecule has 0 amide bonds. The van der Waals surface area contributed by atoms with E-state index in [-0.39, 0.29) is 24.3 Å². The Balaban J connectivity index is 0.00000169. The lowest BCUT2D eigenvalue weighted by Gasteiger charge is -2.11. The molecule has 0 aromatic heterocycles. The van der Waals surface area contributed by atoms with Gasteiger partial charge in [0, 0.05) is 16.6 Å². The lowest BCUT2D eigenvalue weighted by atomic mass is 10.0. The fourth-order valence-corrected chi connectivity index (χ4v) is 1.31. The zero-order chi connectivity index (χ0) is 9.84. The van der Waals surface area contributed by atoms with Gasteiger partial charge in [0.25, 0.3) is 0 Å². The molecule has 5 heteroatoms. The average molecular weight is 239 g/mol.